The second-order valence-electron chi connectivity index (χ2n) is 22.1. The van der Waals surface area contributed by atoms with Crippen LogP contribution in [-0.4, -0.2) is 115 Å². The molecular formula is C51H70N4O10S. The van der Waals surface area contributed by atoms with Gasteiger partial charge in [0.2, 0.25) is 27.7 Å². The Balaban J connectivity index is 1.07. The van der Waals surface area contributed by atoms with Crippen LogP contribution in [0.2, 0.25) is 0 Å². The van der Waals surface area contributed by atoms with E-state index in [1.165, 1.54) is 0 Å². The van der Waals surface area contributed by atoms with Gasteiger partial charge in [-0.3, -0.25) is 23.9 Å². The summed E-state index contributed by atoms with van der Waals surface area (Å²) in [5.41, 5.74) is -0.410. The third-order valence-corrected chi connectivity index (χ3v) is 18.2. The molecule has 3 aliphatic carbocycles. The molecule has 3 saturated carbocycles. The molecule has 1 aromatic carbocycles. The highest BCUT2D eigenvalue weighted by Gasteiger charge is 2.63. The maximum Gasteiger partial charge on any atom is 0.306 e. The van der Waals surface area contributed by atoms with Crippen LogP contribution in [0.4, 0.5) is 0 Å². The topological polar surface area (TPSA) is 171 Å². The van der Waals surface area contributed by atoms with Crippen molar-refractivity contribution < 1.29 is 46.5 Å². The fraction of sp³-hybridized carbons (Fsp3) is 0.706. The molecule has 7 aliphatic rings. The molecule has 15 heteroatoms. The third kappa shape index (κ3) is 9.38. The number of pyridine rings is 1. The monoisotopic (exact) mass is 930 g/mol. The predicted molar refractivity (Wildman–Crippen MR) is 248 cm³/mol. The minimum atomic E-state index is -3.97. The third-order valence-electron chi connectivity index (χ3n) is 16.0. The molecule has 9 atom stereocenters. The Labute approximate surface area is 390 Å². The smallest absolute Gasteiger partial charge is 0.306 e. The zero-order valence-electron chi connectivity index (χ0n) is 39.6. The van der Waals surface area contributed by atoms with Gasteiger partial charge in [0, 0.05) is 43.2 Å². The van der Waals surface area contributed by atoms with Gasteiger partial charge in [-0.05, 0) is 94.2 Å². The van der Waals surface area contributed by atoms with Crippen molar-refractivity contribution in [1.29, 1.82) is 0 Å². The van der Waals surface area contributed by atoms with Crippen LogP contribution in [0.5, 0.6) is 11.6 Å². The summed E-state index contributed by atoms with van der Waals surface area (Å²) < 4.78 is 54.3. The van der Waals surface area contributed by atoms with Crippen LogP contribution in [0.1, 0.15) is 117 Å². The number of Topliss-reactive ketones (excluding diaryl/α,β-unsaturated/α-hetero) is 1. The normalized spacial score (nSPS) is 33.5. The lowest BCUT2D eigenvalue weighted by molar-refractivity contribution is -0.154. The van der Waals surface area contributed by atoms with Crippen LogP contribution < -0.4 is 14.2 Å². The van der Waals surface area contributed by atoms with E-state index in [4.69, 9.17) is 23.9 Å². The number of likely N-dealkylation sites (tertiary alicyclic amines) is 1. The van der Waals surface area contributed by atoms with Gasteiger partial charge >= 0.3 is 5.97 Å². The van der Waals surface area contributed by atoms with Crippen molar-refractivity contribution in [3.63, 3.8) is 0 Å². The number of nitrogens with one attached hydrogen (secondary N) is 1. The van der Waals surface area contributed by atoms with Gasteiger partial charge in [0.25, 0.3) is 0 Å². The summed E-state index contributed by atoms with van der Waals surface area (Å²) in [6.07, 6.45) is 7.80. The lowest BCUT2D eigenvalue weighted by Gasteiger charge is -2.46. The fourth-order valence-electron chi connectivity index (χ4n) is 11.4. The highest BCUT2D eigenvalue weighted by atomic mass is 32.2. The lowest BCUT2D eigenvalue weighted by atomic mass is 9.77. The van der Waals surface area contributed by atoms with E-state index in [0.29, 0.717) is 38.4 Å². The number of piperidine rings is 1. The Hall–Kier alpha value is -4.08. The molecular weight excluding hydrogens is 861 g/mol. The number of hydrogen-bond acceptors (Lipinski definition) is 12. The van der Waals surface area contributed by atoms with Crippen molar-refractivity contribution in [2.45, 2.75) is 147 Å². The Morgan fingerprint density at radius 1 is 1.02 bits per heavy atom. The summed E-state index contributed by atoms with van der Waals surface area (Å²) in [6, 6.07) is 6.96. The number of benzene rings is 1. The van der Waals surface area contributed by atoms with Crippen LogP contribution in [0.25, 0.3) is 10.9 Å². The summed E-state index contributed by atoms with van der Waals surface area (Å²) in [4.78, 5) is 66.8. The van der Waals surface area contributed by atoms with Gasteiger partial charge in [-0.2, -0.15) is 0 Å². The highest BCUT2D eigenvalue weighted by molar-refractivity contribution is 7.91. The second kappa shape index (κ2) is 18.1. The maximum absolute atomic E-state index is 15.1. The minimum Gasteiger partial charge on any atom is -0.488 e. The van der Waals surface area contributed by atoms with Gasteiger partial charge < -0.3 is 28.7 Å². The number of nitrogens with zero attached hydrogens (tertiary/aromatic N) is 3. The number of esters is 1. The summed E-state index contributed by atoms with van der Waals surface area (Å²) in [5, 5.41) is 0.909. The first-order valence-electron chi connectivity index (χ1n) is 24.7. The average Bonchev–Trinajstić information content (AvgIpc) is 4.22. The Morgan fingerprint density at radius 2 is 1.76 bits per heavy atom. The van der Waals surface area contributed by atoms with Crippen LogP contribution in [-0.2, 0) is 45.1 Å². The van der Waals surface area contributed by atoms with E-state index in [1.54, 1.807) is 17.9 Å². The number of amides is 2. The molecule has 5 heterocycles. The number of carbonyl (C=O) groups is 4. The van der Waals surface area contributed by atoms with E-state index >= 15 is 4.79 Å². The molecule has 9 rings (SSSR count). The number of allylic oxidation sites excluding steroid dienone is 1. The SMILES string of the molecule is C=C[C@@H]1CC1(CC(=O)[C@@H]1C[C@@H]2CN1C(=O)[C@H](C(C)(C)C)CC(=O)O[C@@H]1C[C@H]1CCCCCc1c(nc3ccccc3c1OC1C3COCC1CN(CCC)C3)O2)C(=O)NS(=O)(=O)C1(C)CC1. The summed E-state index contributed by atoms with van der Waals surface area (Å²) >= 11 is 0. The number of ether oxygens (including phenoxy) is 4. The number of carbonyl (C=O) groups excluding carboxylic acids is 4. The lowest BCUT2D eigenvalue weighted by Crippen LogP contribution is -2.57. The van der Waals surface area contributed by atoms with Crippen LogP contribution in [0.3, 0.4) is 0 Å². The standard InChI is InChI=1S/C51H70N4O10S/c1-7-20-54-26-32-29-62-30-33(27-54)44(32)65-45-36-15-12-13-17-39(36)52-46-37(45)16-11-9-10-14-31-21-42(31)64-43(57)23-38(49(3,4)5)47(58)55-28-35(63-46)22-40(55)41(56)25-51(24-34(51)8-2)48(59)53-66(60,61)50(6)18-19-50/h8,12-13,15,17,31-35,38,40,42,44H,2,7,9-11,14,16,18-30H2,1,3-6H3,(H,53,59)/t31-,32?,33?,34-,35-,38-,40+,42-,44?,51?/m1/s1. The van der Waals surface area contributed by atoms with E-state index in [1.807, 2.05) is 39.0 Å². The Bertz CT molecular complexity index is 2330. The molecule has 1 aromatic heterocycles. The first kappa shape index (κ1) is 47.0. The van der Waals surface area contributed by atoms with Gasteiger partial charge in [0.05, 0.1) is 59.4 Å². The van der Waals surface area contributed by atoms with E-state index < -0.39 is 61.5 Å². The zero-order valence-corrected chi connectivity index (χ0v) is 40.4. The minimum absolute atomic E-state index is 0.0416. The molecule has 2 amide bonds. The zero-order chi connectivity index (χ0) is 46.8. The fourth-order valence-corrected chi connectivity index (χ4v) is 12.7. The van der Waals surface area contributed by atoms with E-state index in [-0.39, 0.29) is 73.9 Å². The molecule has 2 aromatic rings. The largest absolute Gasteiger partial charge is 0.488 e. The van der Waals surface area contributed by atoms with Gasteiger partial charge in [-0.15, -0.1) is 6.58 Å². The van der Waals surface area contributed by atoms with Crippen molar-refractivity contribution in [2.24, 2.45) is 40.4 Å². The predicted octanol–water partition coefficient (Wildman–Crippen LogP) is 6.57. The number of fused-ring (bicyclic) bond motifs is 7. The van der Waals surface area contributed by atoms with Crippen molar-refractivity contribution >= 4 is 44.5 Å². The summed E-state index contributed by atoms with van der Waals surface area (Å²) in [6.45, 7) is 17.6. The van der Waals surface area contributed by atoms with Gasteiger partial charge in [-0.1, -0.05) is 58.7 Å². The molecule has 3 saturated heterocycles. The molecule has 6 fully saturated rings. The molecule has 3 unspecified atom stereocenters. The number of rotatable bonds is 11. The number of para-hydroxylation sites is 1. The van der Waals surface area contributed by atoms with Crippen molar-refractivity contribution in [3.05, 3.63) is 42.5 Å². The van der Waals surface area contributed by atoms with E-state index in [0.717, 1.165) is 80.4 Å². The second-order valence-corrected chi connectivity index (χ2v) is 24.3. The molecule has 66 heavy (non-hydrogen) atoms. The summed E-state index contributed by atoms with van der Waals surface area (Å²) in [7, 11) is -3.97. The maximum atomic E-state index is 15.1. The van der Waals surface area contributed by atoms with Gasteiger partial charge in [0.1, 0.15) is 24.1 Å². The quantitative estimate of drug-likeness (QED) is 0.190. The van der Waals surface area contributed by atoms with Gasteiger partial charge in [-0.25, -0.2) is 13.4 Å². The first-order chi connectivity index (χ1) is 31.4. The average molecular weight is 931 g/mol. The summed E-state index contributed by atoms with van der Waals surface area (Å²) in [5.74, 6) is -1.26. The molecule has 4 aliphatic heterocycles. The number of aromatic nitrogens is 1. The molecule has 360 valence electrons. The van der Waals surface area contributed by atoms with Crippen LogP contribution >= 0.6 is 0 Å². The molecule has 14 nitrogen and oxygen atoms in total. The Morgan fingerprint density at radius 3 is 2.44 bits per heavy atom. The van der Waals surface area contributed by atoms with Gasteiger partial charge in [0.15, 0.2) is 5.78 Å². The Kier molecular flexibility index (Phi) is 12.9. The highest BCUT2D eigenvalue weighted by Crippen LogP contribution is 2.57. The van der Waals surface area contributed by atoms with Crippen LogP contribution in [0.15, 0.2) is 36.9 Å². The number of ketones is 1. The molecule has 1 N–H and O–H groups in total. The van der Waals surface area contributed by atoms with Crippen LogP contribution in [0, 0.1) is 40.4 Å². The number of sulfonamides is 1. The first-order valence-corrected chi connectivity index (χ1v) is 26.2. The number of hydrogen-bond donors (Lipinski definition) is 1. The van der Waals surface area contributed by atoms with E-state index in [2.05, 4.69) is 29.2 Å². The molecule has 0 radical (unpaired) electrons. The van der Waals surface area contributed by atoms with Crippen molar-refractivity contribution in [1.82, 2.24) is 19.5 Å². The van der Waals surface area contributed by atoms with Crippen molar-refractivity contribution in [2.75, 3.05) is 39.4 Å². The molecule has 4 bridgehead atoms. The van der Waals surface area contributed by atoms with Crippen molar-refractivity contribution in [3.8, 4) is 11.6 Å². The van der Waals surface area contributed by atoms with E-state index in [9.17, 15) is 22.8 Å². The molecule has 0 spiro atoms.